The third-order valence-corrected chi connectivity index (χ3v) is 7.52. The van der Waals surface area contributed by atoms with Crippen molar-refractivity contribution >= 4 is 34.6 Å². The van der Waals surface area contributed by atoms with Crippen molar-refractivity contribution < 1.29 is 19.1 Å². The molecule has 0 aromatic carbocycles. The molecule has 0 spiro atoms. The van der Waals surface area contributed by atoms with Gasteiger partial charge in [0.2, 0.25) is 11.8 Å². The molecule has 3 fully saturated rings. The van der Waals surface area contributed by atoms with Gasteiger partial charge in [-0.1, -0.05) is 11.8 Å². The van der Waals surface area contributed by atoms with Gasteiger partial charge < -0.3 is 14.5 Å². The van der Waals surface area contributed by atoms with E-state index in [1.165, 1.54) is 7.05 Å². The summed E-state index contributed by atoms with van der Waals surface area (Å²) < 4.78 is 5.47. The molecular weight excluding hydrogens is 418 g/mol. The Labute approximate surface area is 186 Å². The number of likely N-dealkylation sites (tertiary alicyclic amines) is 1. The maximum absolute atomic E-state index is 12.7. The molecule has 1 atom stereocenters. The van der Waals surface area contributed by atoms with Crippen molar-refractivity contribution in [2.45, 2.75) is 44.3 Å². The highest BCUT2D eigenvalue weighted by atomic mass is 32.2. The van der Waals surface area contributed by atoms with E-state index in [1.807, 2.05) is 6.92 Å². The number of rotatable bonds is 4. The van der Waals surface area contributed by atoms with Gasteiger partial charge in [0.25, 0.3) is 5.24 Å². The van der Waals surface area contributed by atoms with Crippen LogP contribution < -0.4 is 4.90 Å². The molecule has 3 saturated heterocycles. The number of aryl methyl sites for hydroxylation is 1. The molecule has 4 rings (SSSR count). The summed E-state index contributed by atoms with van der Waals surface area (Å²) in [5, 5.41) is -0.883. The predicted molar refractivity (Wildman–Crippen MR) is 117 cm³/mol. The molecule has 0 aliphatic carbocycles. The molecule has 3 aliphatic rings. The summed E-state index contributed by atoms with van der Waals surface area (Å²) in [5.41, 5.74) is 2.10. The summed E-state index contributed by atoms with van der Waals surface area (Å²) >= 11 is 0.946. The van der Waals surface area contributed by atoms with Crippen LogP contribution in [0.1, 0.15) is 42.3 Å². The first-order chi connectivity index (χ1) is 14.8. The smallest absolute Gasteiger partial charge is 0.288 e. The fourth-order valence-corrected chi connectivity index (χ4v) is 5.24. The number of hydrogen-bond donors (Lipinski definition) is 0. The molecular formula is C21H29N5O4S. The fraction of sp³-hybridized carbons (Fsp3) is 0.667. The van der Waals surface area contributed by atoms with Gasteiger partial charge in [-0.05, 0) is 26.7 Å². The van der Waals surface area contributed by atoms with E-state index in [-0.39, 0.29) is 29.4 Å². The van der Waals surface area contributed by atoms with Crippen LogP contribution >= 0.6 is 11.8 Å². The largest absolute Gasteiger partial charge is 0.378 e. The van der Waals surface area contributed by atoms with Gasteiger partial charge in [-0.3, -0.25) is 19.3 Å². The van der Waals surface area contributed by atoms with Crippen LogP contribution in [0.25, 0.3) is 0 Å². The lowest BCUT2D eigenvalue weighted by Gasteiger charge is -2.33. The molecule has 4 heterocycles. The number of anilines is 1. The van der Waals surface area contributed by atoms with Crippen LogP contribution in [0.15, 0.2) is 0 Å². The van der Waals surface area contributed by atoms with Crippen molar-refractivity contribution in [3.8, 4) is 0 Å². The van der Waals surface area contributed by atoms with Crippen LogP contribution in [-0.2, 0) is 14.3 Å². The molecule has 1 aromatic rings. The van der Waals surface area contributed by atoms with E-state index in [9.17, 15) is 14.4 Å². The minimum Gasteiger partial charge on any atom is -0.378 e. The minimum absolute atomic E-state index is 0.0672. The standard InChI is InChI=1S/C21H29N5O4S/c1-13-14(2)22-18(23-19(13)26-8-10-30-11-9-26)15-4-6-25(7-5-15)17(27)12-16-20(28)24(3)21(29)31-16/h15-16H,4-12H2,1-3H3/t16-/m1/s1. The molecule has 168 valence electrons. The van der Waals surface area contributed by atoms with Crippen molar-refractivity contribution in [1.82, 2.24) is 19.8 Å². The zero-order chi connectivity index (χ0) is 22.1. The van der Waals surface area contributed by atoms with Crippen LogP contribution in [0.4, 0.5) is 10.6 Å². The van der Waals surface area contributed by atoms with Crippen LogP contribution in [0.2, 0.25) is 0 Å². The fourth-order valence-electron chi connectivity index (χ4n) is 4.26. The van der Waals surface area contributed by atoms with Crippen molar-refractivity contribution in [3.05, 3.63) is 17.1 Å². The molecule has 1 aromatic heterocycles. The Bertz CT molecular complexity index is 881. The summed E-state index contributed by atoms with van der Waals surface area (Å²) in [6, 6.07) is 0. The van der Waals surface area contributed by atoms with Gasteiger partial charge in [0, 0.05) is 56.8 Å². The Morgan fingerprint density at radius 3 is 2.39 bits per heavy atom. The maximum atomic E-state index is 12.7. The lowest BCUT2D eigenvalue weighted by molar-refractivity contribution is -0.135. The summed E-state index contributed by atoms with van der Waals surface area (Å²) in [5.74, 6) is 1.71. The average Bonchev–Trinajstić information content (AvgIpc) is 3.02. The number of thioether (sulfide) groups is 1. The zero-order valence-corrected chi connectivity index (χ0v) is 19.1. The lowest BCUT2D eigenvalue weighted by atomic mass is 9.95. The molecule has 0 N–H and O–H groups in total. The van der Waals surface area contributed by atoms with Crippen LogP contribution in [-0.4, -0.2) is 88.5 Å². The molecule has 9 nitrogen and oxygen atoms in total. The number of carbonyl (C=O) groups is 3. The summed E-state index contributed by atoms with van der Waals surface area (Å²) in [6.45, 7) is 8.40. The topological polar surface area (TPSA) is 95.9 Å². The Hall–Kier alpha value is -2.20. The van der Waals surface area contributed by atoms with Crippen LogP contribution in [0, 0.1) is 13.8 Å². The molecule has 0 saturated carbocycles. The first kappa shape index (κ1) is 22.0. The third-order valence-electron chi connectivity index (χ3n) is 6.39. The second-order valence-electron chi connectivity index (χ2n) is 8.34. The van der Waals surface area contributed by atoms with Gasteiger partial charge >= 0.3 is 0 Å². The number of aromatic nitrogens is 2. The van der Waals surface area contributed by atoms with E-state index in [1.54, 1.807) is 4.90 Å². The van der Waals surface area contributed by atoms with Crippen molar-refractivity contribution in [2.75, 3.05) is 51.3 Å². The second kappa shape index (κ2) is 9.12. The molecule has 3 amide bonds. The first-order valence-corrected chi connectivity index (χ1v) is 11.7. The van der Waals surface area contributed by atoms with Gasteiger partial charge in [-0.15, -0.1) is 0 Å². The van der Waals surface area contributed by atoms with E-state index in [4.69, 9.17) is 14.7 Å². The Morgan fingerprint density at radius 2 is 1.77 bits per heavy atom. The highest BCUT2D eigenvalue weighted by Crippen LogP contribution is 2.32. The Morgan fingerprint density at radius 1 is 1.10 bits per heavy atom. The second-order valence-corrected chi connectivity index (χ2v) is 9.50. The molecule has 0 unspecified atom stereocenters. The van der Waals surface area contributed by atoms with Crippen LogP contribution in [0.3, 0.4) is 0 Å². The number of morpholine rings is 1. The van der Waals surface area contributed by atoms with Gasteiger partial charge in [0.1, 0.15) is 16.9 Å². The number of nitrogens with zero attached hydrogens (tertiary/aromatic N) is 5. The van der Waals surface area contributed by atoms with Crippen molar-refractivity contribution in [2.24, 2.45) is 0 Å². The monoisotopic (exact) mass is 447 g/mol. The van der Waals surface area contributed by atoms with Crippen molar-refractivity contribution in [1.29, 1.82) is 0 Å². The number of hydrogen-bond acceptors (Lipinski definition) is 8. The number of imide groups is 1. The van der Waals surface area contributed by atoms with Gasteiger partial charge in [-0.2, -0.15) is 0 Å². The molecule has 31 heavy (non-hydrogen) atoms. The molecule has 0 radical (unpaired) electrons. The number of piperidine rings is 1. The van der Waals surface area contributed by atoms with Gasteiger partial charge in [-0.25, -0.2) is 9.97 Å². The predicted octanol–water partition coefficient (Wildman–Crippen LogP) is 1.72. The molecule has 10 heteroatoms. The lowest BCUT2D eigenvalue weighted by Crippen LogP contribution is -2.40. The van der Waals surface area contributed by atoms with E-state index in [0.717, 1.165) is 65.5 Å². The number of carbonyl (C=O) groups excluding carboxylic acids is 3. The van der Waals surface area contributed by atoms with E-state index >= 15 is 0 Å². The zero-order valence-electron chi connectivity index (χ0n) is 18.3. The maximum Gasteiger partial charge on any atom is 0.288 e. The van der Waals surface area contributed by atoms with Gasteiger partial charge in [0.05, 0.1) is 13.2 Å². The molecule has 0 bridgehead atoms. The highest BCUT2D eigenvalue weighted by Gasteiger charge is 2.39. The third kappa shape index (κ3) is 4.55. The van der Waals surface area contributed by atoms with Crippen LogP contribution in [0.5, 0.6) is 0 Å². The number of ether oxygens (including phenoxy) is 1. The Kier molecular flexibility index (Phi) is 6.47. The summed E-state index contributed by atoms with van der Waals surface area (Å²) in [4.78, 5) is 51.3. The molecule has 3 aliphatic heterocycles. The minimum atomic E-state index is -0.595. The van der Waals surface area contributed by atoms with E-state index in [0.29, 0.717) is 26.3 Å². The van der Waals surface area contributed by atoms with E-state index < -0.39 is 5.25 Å². The highest BCUT2D eigenvalue weighted by molar-refractivity contribution is 8.15. The number of amides is 3. The van der Waals surface area contributed by atoms with Gasteiger partial charge in [0.15, 0.2) is 0 Å². The van der Waals surface area contributed by atoms with Crippen molar-refractivity contribution in [3.63, 3.8) is 0 Å². The SMILES string of the molecule is Cc1nc(C2CCN(C(=O)C[C@H]3SC(=O)N(C)C3=O)CC2)nc(N2CCOCC2)c1C. The van der Waals surface area contributed by atoms with E-state index in [2.05, 4.69) is 11.8 Å². The Balaban J connectivity index is 1.38. The normalized spacial score (nSPS) is 23.1. The quantitative estimate of drug-likeness (QED) is 0.689. The summed E-state index contributed by atoms with van der Waals surface area (Å²) in [7, 11) is 1.46. The summed E-state index contributed by atoms with van der Waals surface area (Å²) in [6.07, 6.45) is 1.66. The first-order valence-electron chi connectivity index (χ1n) is 10.8. The average molecular weight is 448 g/mol.